The number of hydrogen-bond acceptors (Lipinski definition) is 3. The van der Waals surface area contributed by atoms with Crippen molar-refractivity contribution in [2.45, 2.75) is 96.9 Å². The van der Waals surface area contributed by atoms with Gasteiger partial charge in [0.15, 0.2) is 0 Å². The molecule has 0 aromatic carbocycles. The Morgan fingerprint density at radius 2 is 1.69 bits per heavy atom. The summed E-state index contributed by atoms with van der Waals surface area (Å²) in [5.41, 5.74) is -0.0615. The molecule has 166 valence electrons. The number of rotatable bonds is 4. The quantitative estimate of drug-likeness (QED) is 0.641. The average molecular weight is 411 g/mol. The van der Waals surface area contributed by atoms with Crippen molar-refractivity contribution in [3.8, 4) is 0 Å². The van der Waals surface area contributed by atoms with Gasteiger partial charge < -0.3 is 15.3 Å². The number of alkyl halides is 1. The standard InChI is InChI=1S/C24H39FO4/c1-13(4-7-19(27)28)15-5-6-16-20-17(9-11-23(15,16)2)24(3)10-8-14(26)12-18(24)21(25)22(20)29/h13-18,20-22,26,29H,4-12H2,1-3H3,(H,27,28)/t13-,14-,15-,16?,17?,18+,20?,21+,22+,23-,24-/m1/s1. The molecule has 0 amide bonds. The second-order valence-electron chi connectivity index (χ2n) is 11.4. The van der Waals surface area contributed by atoms with Crippen molar-refractivity contribution in [1.82, 2.24) is 0 Å². The molecule has 0 saturated heterocycles. The molecule has 0 bridgehead atoms. The minimum Gasteiger partial charge on any atom is -0.481 e. The van der Waals surface area contributed by atoms with Gasteiger partial charge in [-0.05, 0) is 91.8 Å². The van der Waals surface area contributed by atoms with Crippen LogP contribution in [-0.2, 0) is 4.79 Å². The lowest BCUT2D eigenvalue weighted by Crippen LogP contribution is -2.63. The fourth-order valence-electron chi connectivity index (χ4n) is 8.72. The maximum Gasteiger partial charge on any atom is 0.303 e. The molecule has 3 unspecified atom stereocenters. The number of halogens is 1. The Morgan fingerprint density at radius 3 is 2.38 bits per heavy atom. The van der Waals surface area contributed by atoms with Crippen LogP contribution in [0.2, 0.25) is 0 Å². The molecule has 11 atom stereocenters. The molecule has 4 aliphatic rings. The minimum atomic E-state index is -1.25. The molecular weight excluding hydrogens is 371 g/mol. The van der Waals surface area contributed by atoms with Crippen LogP contribution in [0, 0.1) is 46.3 Å². The van der Waals surface area contributed by atoms with Crippen molar-refractivity contribution in [2.24, 2.45) is 46.3 Å². The van der Waals surface area contributed by atoms with E-state index < -0.39 is 24.3 Å². The normalized spacial score (nSPS) is 52.9. The van der Waals surface area contributed by atoms with Gasteiger partial charge in [0.25, 0.3) is 0 Å². The van der Waals surface area contributed by atoms with Crippen molar-refractivity contribution in [3.05, 3.63) is 0 Å². The number of hydrogen-bond donors (Lipinski definition) is 3. The smallest absolute Gasteiger partial charge is 0.303 e. The molecule has 0 radical (unpaired) electrons. The van der Waals surface area contributed by atoms with E-state index in [9.17, 15) is 15.0 Å². The van der Waals surface area contributed by atoms with Crippen LogP contribution in [0.25, 0.3) is 0 Å². The Kier molecular flexibility index (Phi) is 5.55. The highest BCUT2D eigenvalue weighted by atomic mass is 19.1. The molecular formula is C24H39FO4. The summed E-state index contributed by atoms with van der Waals surface area (Å²) in [6.45, 7) is 6.74. The van der Waals surface area contributed by atoms with Crippen LogP contribution in [0.5, 0.6) is 0 Å². The van der Waals surface area contributed by atoms with Crippen LogP contribution < -0.4 is 0 Å². The predicted molar refractivity (Wildman–Crippen MR) is 109 cm³/mol. The SMILES string of the molecule is C[C@H](CCC(=O)O)[C@H]1CCC2C3C(CC[C@@]21C)[C@@]1(C)CC[C@@H](O)C[C@H]1[C@H](F)[C@H]3O. The van der Waals surface area contributed by atoms with Crippen LogP contribution in [-0.4, -0.2) is 39.7 Å². The zero-order valence-electron chi connectivity index (χ0n) is 18.2. The Bertz CT molecular complexity index is 640. The first-order valence-corrected chi connectivity index (χ1v) is 11.8. The molecule has 4 nitrogen and oxygen atoms in total. The van der Waals surface area contributed by atoms with Crippen molar-refractivity contribution >= 4 is 5.97 Å². The Morgan fingerprint density at radius 1 is 1.03 bits per heavy atom. The summed E-state index contributed by atoms with van der Waals surface area (Å²) in [6, 6.07) is 0. The lowest BCUT2D eigenvalue weighted by atomic mass is 9.43. The molecule has 4 aliphatic carbocycles. The topological polar surface area (TPSA) is 77.8 Å². The summed E-state index contributed by atoms with van der Waals surface area (Å²) in [6.07, 6.45) is 4.57. The highest BCUT2D eigenvalue weighted by Gasteiger charge is 2.65. The second kappa shape index (κ2) is 7.47. The van der Waals surface area contributed by atoms with Crippen LogP contribution in [0.4, 0.5) is 4.39 Å². The van der Waals surface area contributed by atoms with Gasteiger partial charge in [-0.25, -0.2) is 4.39 Å². The maximum atomic E-state index is 15.5. The largest absolute Gasteiger partial charge is 0.481 e. The van der Waals surface area contributed by atoms with Crippen molar-refractivity contribution in [2.75, 3.05) is 0 Å². The molecule has 4 saturated carbocycles. The van der Waals surface area contributed by atoms with Gasteiger partial charge in [-0.15, -0.1) is 0 Å². The molecule has 4 fully saturated rings. The molecule has 0 aromatic rings. The third-order valence-corrected chi connectivity index (χ3v) is 10.2. The summed E-state index contributed by atoms with van der Waals surface area (Å²) < 4.78 is 15.5. The summed E-state index contributed by atoms with van der Waals surface area (Å²) in [5.74, 6) is 0.464. The van der Waals surface area contributed by atoms with Crippen molar-refractivity contribution in [3.63, 3.8) is 0 Å². The third-order valence-electron chi connectivity index (χ3n) is 10.2. The number of fused-ring (bicyclic) bond motifs is 5. The first-order chi connectivity index (χ1) is 13.6. The monoisotopic (exact) mass is 410 g/mol. The fourth-order valence-corrected chi connectivity index (χ4v) is 8.72. The van der Waals surface area contributed by atoms with Gasteiger partial charge in [0, 0.05) is 12.3 Å². The Labute approximate surface area is 174 Å². The third kappa shape index (κ3) is 3.26. The van der Waals surface area contributed by atoms with Gasteiger partial charge in [0.2, 0.25) is 0 Å². The molecule has 0 heterocycles. The molecule has 0 spiro atoms. The zero-order valence-corrected chi connectivity index (χ0v) is 18.2. The number of carbonyl (C=O) groups is 1. The average Bonchev–Trinajstić information content (AvgIpc) is 3.02. The van der Waals surface area contributed by atoms with Gasteiger partial charge in [0.05, 0.1) is 12.2 Å². The van der Waals surface area contributed by atoms with E-state index in [2.05, 4.69) is 20.8 Å². The number of aliphatic carboxylic acids is 1. The number of aliphatic hydroxyl groups excluding tert-OH is 2. The van der Waals surface area contributed by atoms with Gasteiger partial charge in [-0.2, -0.15) is 0 Å². The minimum absolute atomic E-state index is 0.00285. The fraction of sp³-hybridized carbons (Fsp3) is 0.958. The molecule has 3 N–H and O–H groups in total. The zero-order chi connectivity index (χ0) is 21.1. The van der Waals surface area contributed by atoms with E-state index in [1.54, 1.807) is 0 Å². The summed E-state index contributed by atoms with van der Waals surface area (Å²) >= 11 is 0. The molecule has 0 aliphatic heterocycles. The van der Waals surface area contributed by atoms with Gasteiger partial charge in [0.1, 0.15) is 6.17 Å². The number of aliphatic hydroxyl groups is 2. The highest BCUT2D eigenvalue weighted by Crippen LogP contribution is 2.68. The lowest BCUT2D eigenvalue weighted by molar-refractivity contribution is -0.206. The number of carboxylic acid groups (broad SMARTS) is 1. The van der Waals surface area contributed by atoms with Crippen LogP contribution >= 0.6 is 0 Å². The van der Waals surface area contributed by atoms with E-state index in [0.29, 0.717) is 36.5 Å². The van der Waals surface area contributed by atoms with E-state index in [1.807, 2.05) is 0 Å². The maximum absolute atomic E-state index is 15.5. The van der Waals surface area contributed by atoms with E-state index in [0.717, 1.165) is 38.5 Å². The van der Waals surface area contributed by atoms with Gasteiger partial charge in [-0.1, -0.05) is 20.8 Å². The van der Waals surface area contributed by atoms with Gasteiger partial charge >= 0.3 is 5.97 Å². The first-order valence-electron chi connectivity index (χ1n) is 11.8. The summed E-state index contributed by atoms with van der Waals surface area (Å²) in [5, 5.41) is 30.4. The van der Waals surface area contributed by atoms with Crippen LogP contribution in [0.1, 0.15) is 78.6 Å². The number of carboxylic acids is 1. The molecule has 5 heteroatoms. The first kappa shape index (κ1) is 21.5. The van der Waals surface area contributed by atoms with E-state index in [-0.39, 0.29) is 29.1 Å². The highest BCUT2D eigenvalue weighted by molar-refractivity contribution is 5.66. The molecule has 29 heavy (non-hydrogen) atoms. The van der Waals surface area contributed by atoms with E-state index >= 15 is 4.39 Å². The molecule has 0 aromatic heterocycles. The van der Waals surface area contributed by atoms with E-state index in [1.165, 1.54) is 0 Å². The van der Waals surface area contributed by atoms with Crippen LogP contribution in [0.15, 0.2) is 0 Å². The summed E-state index contributed by atoms with van der Waals surface area (Å²) in [4.78, 5) is 11.0. The second-order valence-corrected chi connectivity index (χ2v) is 11.4. The van der Waals surface area contributed by atoms with Gasteiger partial charge in [-0.3, -0.25) is 4.79 Å². The Hall–Kier alpha value is -0.680. The summed E-state index contributed by atoms with van der Waals surface area (Å²) in [7, 11) is 0. The molecule has 4 rings (SSSR count). The van der Waals surface area contributed by atoms with Crippen molar-refractivity contribution in [1.29, 1.82) is 0 Å². The predicted octanol–water partition coefficient (Wildman–Crippen LogP) is 4.43. The Balaban J connectivity index is 1.59. The van der Waals surface area contributed by atoms with Crippen LogP contribution in [0.3, 0.4) is 0 Å². The van der Waals surface area contributed by atoms with E-state index in [4.69, 9.17) is 5.11 Å². The van der Waals surface area contributed by atoms with Crippen molar-refractivity contribution < 1.29 is 24.5 Å². The lowest BCUT2D eigenvalue weighted by Gasteiger charge is -2.63.